The summed E-state index contributed by atoms with van der Waals surface area (Å²) in [4.78, 5) is 13.6. The third-order valence-corrected chi connectivity index (χ3v) is 2.89. The van der Waals surface area contributed by atoms with E-state index in [1.807, 2.05) is 11.8 Å². The molecule has 0 saturated carbocycles. The highest BCUT2D eigenvalue weighted by molar-refractivity contribution is 5.76. The van der Waals surface area contributed by atoms with Crippen LogP contribution < -0.4 is 5.73 Å². The second kappa shape index (κ2) is 4.61. The Morgan fingerprint density at radius 2 is 2.23 bits per heavy atom. The lowest BCUT2D eigenvalue weighted by molar-refractivity contribution is -0.137. The van der Waals surface area contributed by atoms with Gasteiger partial charge >= 0.3 is 0 Å². The van der Waals surface area contributed by atoms with Crippen LogP contribution in [-0.4, -0.2) is 29.4 Å². The average Bonchev–Trinajstić information content (AvgIpc) is 2.16. The number of rotatable bonds is 2. The van der Waals surface area contributed by atoms with E-state index in [1.165, 1.54) is 6.42 Å². The minimum atomic E-state index is 0.252. The van der Waals surface area contributed by atoms with Crippen LogP contribution in [0.1, 0.15) is 39.5 Å². The summed E-state index contributed by atoms with van der Waals surface area (Å²) in [6.07, 6.45) is 4.01. The van der Waals surface area contributed by atoms with Crippen molar-refractivity contribution >= 4 is 5.91 Å². The molecule has 1 aliphatic heterocycles. The van der Waals surface area contributed by atoms with Crippen LogP contribution in [0.4, 0.5) is 0 Å². The first-order chi connectivity index (χ1) is 6.20. The topological polar surface area (TPSA) is 46.3 Å². The van der Waals surface area contributed by atoms with Gasteiger partial charge in [-0.05, 0) is 26.2 Å². The molecule has 0 aromatic carbocycles. The number of hydrogen-bond donors (Lipinski definition) is 1. The van der Waals surface area contributed by atoms with Gasteiger partial charge in [0.05, 0.1) is 0 Å². The van der Waals surface area contributed by atoms with Gasteiger partial charge in [0.25, 0.3) is 0 Å². The van der Waals surface area contributed by atoms with Crippen LogP contribution in [0.5, 0.6) is 0 Å². The van der Waals surface area contributed by atoms with Crippen LogP contribution in [0.3, 0.4) is 0 Å². The van der Waals surface area contributed by atoms with Gasteiger partial charge < -0.3 is 10.6 Å². The van der Waals surface area contributed by atoms with Crippen molar-refractivity contribution in [1.29, 1.82) is 0 Å². The predicted octanol–water partition coefficient (Wildman–Crippen LogP) is 1.12. The number of nitrogens with two attached hydrogens (primary N) is 1. The summed E-state index contributed by atoms with van der Waals surface area (Å²) in [5.74, 6) is 0.252. The number of carbonyl (C=O) groups is 1. The first-order valence-corrected chi connectivity index (χ1v) is 5.22. The maximum Gasteiger partial charge on any atom is 0.222 e. The zero-order valence-corrected chi connectivity index (χ0v) is 8.62. The fourth-order valence-corrected chi connectivity index (χ4v) is 2.15. The molecule has 1 amide bonds. The van der Waals surface area contributed by atoms with Gasteiger partial charge in [0, 0.05) is 25.0 Å². The first kappa shape index (κ1) is 10.5. The van der Waals surface area contributed by atoms with Crippen molar-refractivity contribution in [3.8, 4) is 0 Å². The predicted molar refractivity (Wildman–Crippen MR) is 53.3 cm³/mol. The second-order valence-corrected chi connectivity index (χ2v) is 3.82. The maximum atomic E-state index is 11.6. The van der Waals surface area contributed by atoms with Crippen molar-refractivity contribution in [1.82, 2.24) is 4.90 Å². The van der Waals surface area contributed by atoms with Crippen molar-refractivity contribution in [3.05, 3.63) is 0 Å². The van der Waals surface area contributed by atoms with Crippen molar-refractivity contribution in [3.63, 3.8) is 0 Å². The molecule has 0 aliphatic carbocycles. The third-order valence-electron chi connectivity index (χ3n) is 2.89. The molecule has 3 heteroatoms. The number of piperidine rings is 1. The van der Waals surface area contributed by atoms with Crippen LogP contribution in [0, 0.1) is 0 Å². The summed E-state index contributed by atoms with van der Waals surface area (Å²) in [5, 5.41) is 0. The first-order valence-electron chi connectivity index (χ1n) is 5.22. The largest absolute Gasteiger partial charge is 0.336 e. The normalized spacial score (nSPS) is 29.0. The van der Waals surface area contributed by atoms with Gasteiger partial charge in [-0.1, -0.05) is 6.92 Å². The summed E-state index contributed by atoms with van der Waals surface area (Å²) < 4.78 is 0. The molecule has 1 aliphatic rings. The molecule has 1 rings (SSSR count). The van der Waals surface area contributed by atoms with Gasteiger partial charge in [-0.3, -0.25) is 4.79 Å². The Hall–Kier alpha value is -0.570. The standard InChI is InChI=1S/C10H20N2O/c1-3-10(13)12-8(2)5-4-6-9(12)7-11/h8-9H,3-7,11H2,1-2H3. The van der Waals surface area contributed by atoms with Crippen LogP contribution in [0.15, 0.2) is 0 Å². The summed E-state index contributed by atoms with van der Waals surface area (Å²) in [5.41, 5.74) is 5.65. The number of nitrogens with zero attached hydrogens (tertiary/aromatic N) is 1. The van der Waals surface area contributed by atoms with Crippen LogP contribution in [-0.2, 0) is 4.79 Å². The average molecular weight is 184 g/mol. The minimum absolute atomic E-state index is 0.252. The van der Waals surface area contributed by atoms with E-state index in [0.717, 1.165) is 12.8 Å². The highest BCUT2D eigenvalue weighted by atomic mass is 16.2. The molecular weight excluding hydrogens is 164 g/mol. The summed E-state index contributed by atoms with van der Waals surface area (Å²) in [6.45, 7) is 4.64. The molecule has 0 radical (unpaired) electrons. The molecule has 1 fully saturated rings. The Bertz CT molecular complexity index is 182. The highest BCUT2D eigenvalue weighted by Gasteiger charge is 2.29. The fourth-order valence-electron chi connectivity index (χ4n) is 2.15. The Labute approximate surface area is 80.3 Å². The van der Waals surface area contributed by atoms with E-state index in [-0.39, 0.29) is 11.9 Å². The van der Waals surface area contributed by atoms with Crippen LogP contribution >= 0.6 is 0 Å². The molecule has 0 aromatic heterocycles. The summed E-state index contributed by atoms with van der Waals surface area (Å²) in [7, 11) is 0. The van der Waals surface area contributed by atoms with E-state index >= 15 is 0 Å². The molecule has 3 nitrogen and oxygen atoms in total. The lowest BCUT2D eigenvalue weighted by Gasteiger charge is -2.40. The van der Waals surface area contributed by atoms with Crippen molar-refractivity contribution < 1.29 is 4.79 Å². The Morgan fingerprint density at radius 1 is 1.54 bits per heavy atom. The van der Waals surface area contributed by atoms with E-state index in [2.05, 4.69) is 6.92 Å². The molecule has 0 spiro atoms. The third kappa shape index (κ3) is 2.21. The Kier molecular flexibility index (Phi) is 3.72. The summed E-state index contributed by atoms with van der Waals surface area (Å²) >= 11 is 0. The van der Waals surface area contributed by atoms with E-state index in [1.54, 1.807) is 0 Å². The fraction of sp³-hybridized carbons (Fsp3) is 0.900. The van der Waals surface area contributed by atoms with Gasteiger partial charge in [0.1, 0.15) is 0 Å². The lowest BCUT2D eigenvalue weighted by atomic mass is 9.96. The van der Waals surface area contributed by atoms with Gasteiger partial charge in [0.2, 0.25) is 5.91 Å². The van der Waals surface area contributed by atoms with Crippen molar-refractivity contribution in [2.75, 3.05) is 6.54 Å². The molecule has 2 atom stereocenters. The maximum absolute atomic E-state index is 11.6. The lowest BCUT2D eigenvalue weighted by Crippen LogP contribution is -2.51. The van der Waals surface area contributed by atoms with E-state index in [4.69, 9.17) is 5.73 Å². The number of likely N-dealkylation sites (tertiary alicyclic amines) is 1. The Morgan fingerprint density at radius 3 is 2.77 bits per heavy atom. The monoisotopic (exact) mass is 184 g/mol. The number of hydrogen-bond acceptors (Lipinski definition) is 2. The molecule has 2 unspecified atom stereocenters. The van der Waals surface area contributed by atoms with E-state index in [0.29, 0.717) is 19.0 Å². The zero-order chi connectivity index (χ0) is 9.84. The minimum Gasteiger partial charge on any atom is -0.336 e. The molecule has 1 heterocycles. The number of amides is 1. The van der Waals surface area contributed by atoms with Crippen LogP contribution in [0.25, 0.3) is 0 Å². The molecule has 0 bridgehead atoms. The quantitative estimate of drug-likeness (QED) is 0.699. The van der Waals surface area contributed by atoms with Gasteiger partial charge in [-0.2, -0.15) is 0 Å². The van der Waals surface area contributed by atoms with Gasteiger partial charge in [0.15, 0.2) is 0 Å². The van der Waals surface area contributed by atoms with E-state index in [9.17, 15) is 4.79 Å². The van der Waals surface area contributed by atoms with Crippen molar-refractivity contribution in [2.24, 2.45) is 5.73 Å². The smallest absolute Gasteiger partial charge is 0.222 e. The van der Waals surface area contributed by atoms with Gasteiger partial charge in [-0.25, -0.2) is 0 Å². The zero-order valence-electron chi connectivity index (χ0n) is 8.62. The summed E-state index contributed by atoms with van der Waals surface area (Å²) in [6, 6.07) is 0.672. The molecular formula is C10H20N2O. The molecule has 76 valence electrons. The highest BCUT2D eigenvalue weighted by Crippen LogP contribution is 2.22. The molecule has 13 heavy (non-hydrogen) atoms. The molecule has 0 aromatic rings. The van der Waals surface area contributed by atoms with Crippen LogP contribution in [0.2, 0.25) is 0 Å². The molecule has 1 saturated heterocycles. The van der Waals surface area contributed by atoms with Crippen molar-refractivity contribution in [2.45, 2.75) is 51.6 Å². The molecule has 2 N–H and O–H groups in total. The van der Waals surface area contributed by atoms with E-state index < -0.39 is 0 Å². The number of carbonyl (C=O) groups excluding carboxylic acids is 1. The Balaban J connectivity index is 2.67. The van der Waals surface area contributed by atoms with Gasteiger partial charge in [-0.15, -0.1) is 0 Å². The second-order valence-electron chi connectivity index (χ2n) is 3.82. The SMILES string of the molecule is CCC(=O)N1C(C)CCCC1CN.